The van der Waals surface area contributed by atoms with Gasteiger partial charge in [0.05, 0.1) is 18.8 Å². The molecule has 0 fully saturated rings. The predicted molar refractivity (Wildman–Crippen MR) is 61.0 cm³/mol. The van der Waals surface area contributed by atoms with Crippen molar-refractivity contribution in [1.82, 2.24) is 15.0 Å². The Balaban J connectivity index is 1.89. The van der Waals surface area contributed by atoms with Crippen LogP contribution < -0.4 is 0 Å². The molecule has 2 aromatic rings. The van der Waals surface area contributed by atoms with Crippen LogP contribution in [0.2, 0.25) is 0 Å². The van der Waals surface area contributed by atoms with Gasteiger partial charge in [0, 0.05) is 0 Å². The molecule has 1 aliphatic heterocycles. The van der Waals surface area contributed by atoms with Gasteiger partial charge in [0.15, 0.2) is 5.69 Å². The molecule has 3 rings (SSSR count). The molecule has 1 aliphatic rings. The Morgan fingerprint density at radius 1 is 1.39 bits per heavy atom. The van der Waals surface area contributed by atoms with Crippen molar-refractivity contribution in [2.75, 3.05) is 0 Å². The van der Waals surface area contributed by atoms with Crippen molar-refractivity contribution in [1.29, 1.82) is 0 Å². The first-order valence-electron chi connectivity index (χ1n) is 5.58. The number of fused-ring (bicyclic) bond motifs is 1. The van der Waals surface area contributed by atoms with Crippen LogP contribution in [0.15, 0.2) is 30.3 Å². The number of aromatic carboxylic acids is 1. The van der Waals surface area contributed by atoms with Gasteiger partial charge in [-0.3, -0.25) is 0 Å². The third-order valence-electron chi connectivity index (χ3n) is 2.97. The zero-order chi connectivity index (χ0) is 12.5. The summed E-state index contributed by atoms with van der Waals surface area (Å²) in [6.45, 7) is 0.702. The summed E-state index contributed by atoms with van der Waals surface area (Å²) in [4.78, 5) is 10.9. The van der Waals surface area contributed by atoms with E-state index < -0.39 is 5.97 Å². The molecule has 18 heavy (non-hydrogen) atoms. The molecule has 92 valence electrons. The molecule has 0 amide bonds. The Kier molecular flexibility index (Phi) is 2.56. The Labute approximate surface area is 103 Å². The molecular weight excluding hydrogens is 234 g/mol. The average molecular weight is 245 g/mol. The molecule has 1 unspecified atom stereocenters. The summed E-state index contributed by atoms with van der Waals surface area (Å²) in [5, 5.41) is 16.5. The van der Waals surface area contributed by atoms with Crippen molar-refractivity contribution in [3.63, 3.8) is 0 Å². The van der Waals surface area contributed by atoms with E-state index in [9.17, 15) is 4.79 Å². The normalized spacial score (nSPS) is 18.3. The second-order valence-corrected chi connectivity index (χ2v) is 4.08. The highest BCUT2D eigenvalue weighted by Crippen LogP contribution is 2.26. The minimum absolute atomic E-state index is 0.0264. The van der Waals surface area contributed by atoms with Crippen LogP contribution in [0.1, 0.15) is 27.8 Å². The van der Waals surface area contributed by atoms with E-state index in [-0.39, 0.29) is 18.4 Å². The van der Waals surface area contributed by atoms with Gasteiger partial charge in [0.25, 0.3) is 0 Å². The first-order valence-corrected chi connectivity index (χ1v) is 5.58. The van der Waals surface area contributed by atoms with E-state index in [1.54, 1.807) is 4.68 Å². The summed E-state index contributed by atoms with van der Waals surface area (Å²) < 4.78 is 7.28. The van der Waals surface area contributed by atoms with Gasteiger partial charge in [-0.05, 0) is 5.56 Å². The second kappa shape index (κ2) is 4.23. The number of carbonyl (C=O) groups is 1. The highest BCUT2D eigenvalue weighted by Gasteiger charge is 2.27. The van der Waals surface area contributed by atoms with E-state index in [2.05, 4.69) is 10.3 Å². The van der Waals surface area contributed by atoms with Gasteiger partial charge in [0.1, 0.15) is 6.10 Å². The van der Waals surface area contributed by atoms with Crippen molar-refractivity contribution >= 4 is 5.97 Å². The predicted octanol–water partition coefficient (Wildman–Crippen LogP) is 1.25. The van der Waals surface area contributed by atoms with Gasteiger partial charge < -0.3 is 9.84 Å². The Bertz CT molecular complexity index is 580. The lowest BCUT2D eigenvalue weighted by atomic mass is 10.1. The van der Waals surface area contributed by atoms with Crippen molar-refractivity contribution in [3.05, 3.63) is 47.3 Å². The maximum absolute atomic E-state index is 10.9. The van der Waals surface area contributed by atoms with Crippen LogP contribution in [0, 0.1) is 0 Å². The summed E-state index contributed by atoms with van der Waals surface area (Å²) in [5.41, 5.74) is 1.55. The summed E-state index contributed by atoms with van der Waals surface area (Å²) in [6, 6.07) is 9.78. The monoisotopic (exact) mass is 245 g/mol. The molecule has 0 saturated carbocycles. The molecule has 1 atom stereocenters. The molecule has 2 heterocycles. The largest absolute Gasteiger partial charge is 0.476 e. The third-order valence-corrected chi connectivity index (χ3v) is 2.97. The summed E-state index contributed by atoms with van der Waals surface area (Å²) in [6.07, 6.45) is -0.109. The number of carboxylic acid groups (broad SMARTS) is 1. The van der Waals surface area contributed by atoms with Crippen molar-refractivity contribution in [2.45, 2.75) is 19.3 Å². The van der Waals surface area contributed by atoms with E-state index in [0.717, 1.165) is 5.56 Å². The number of hydrogen-bond donors (Lipinski definition) is 1. The molecule has 1 aromatic heterocycles. The zero-order valence-electron chi connectivity index (χ0n) is 9.48. The highest BCUT2D eigenvalue weighted by atomic mass is 16.5. The van der Waals surface area contributed by atoms with Crippen LogP contribution in [-0.4, -0.2) is 26.1 Å². The fraction of sp³-hybridized carbons (Fsp3) is 0.250. The molecule has 0 bridgehead atoms. The molecule has 6 heteroatoms. The zero-order valence-corrected chi connectivity index (χ0v) is 9.48. The lowest BCUT2D eigenvalue weighted by Gasteiger charge is -2.24. The van der Waals surface area contributed by atoms with Crippen LogP contribution >= 0.6 is 0 Å². The molecule has 0 saturated heterocycles. The average Bonchev–Trinajstić information content (AvgIpc) is 2.82. The maximum atomic E-state index is 10.9. The minimum Gasteiger partial charge on any atom is -0.476 e. The number of carboxylic acids is 1. The molecule has 6 nitrogen and oxygen atoms in total. The lowest BCUT2D eigenvalue weighted by molar-refractivity contribution is -0.00206. The van der Waals surface area contributed by atoms with Crippen LogP contribution in [-0.2, 0) is 17.9 Å². The number of ether oxygens (including phenoxy) is 1. The fourth-order valence-corrected chi connectivity index (χ4v) is 2.05. The van der Waals surface area contributed by atoms with E-state index in [1.165, 1.54) is 0 Å². The number of benzene rings is 1. The van der Waals surface area contributed by atoms with Gasteiger partial charge in [0.2, 0.25) is 0 Å². The van der Waals surface area contributed by atoms with Crippen LogP contribution in [0.3, 0.4) is 0 Å². The standard InChI is InChI=1S/C12H11N3O3/c16-12(17)11-9-7-18-10(6-15(9)14-13-11)8-4-2-1-3-5-8/h1-5,10H,6-7H2,(H,16,17). The first-order chi connectivity index (χ1) is 8.75. The van der Waals surface area contributed by atoms with Crippen molar-refractivity contribution in [2.24, 2.45) is 0 Å². The van der Waals surface area contributed by atoms with Gasteiger partial charge in [-0.25, -0.2) is 9.48 Å². The van der Waals surface area contributed by atoms with E-state index in [0.29, 0.717) is 12.2 Å². The summed E-state index contributed by atoms with van der Waals surface area (Å²) in [5.74, 6) is -1.07. The quantitative estimate of drug-likeness (QED) is 0.861. The van der Waals surface area contributed by atoms with E-state index in [4.69, 9.17) is 9.84 Å². The fourth-order valence-electron chi connectivity index (χ4n) is 2.05. The Hall–Kier alpha value is -2.21. The lowest BCUT2D eigenvalue weighted by Crippen LogP contribution is -2.22. The van der Waals surface area contributed by atoms with Gasteiger partial charge in [-0.2, -0.15) is 0 Å². The molecule has 1 N–H and O–H groups in total. The Morgan fingerprint density at radius 3 is 2.89 bits per heavy atom. The number of hydrogen-bond acceptors (Lipinski definition) is 4. The maximum Gasteiger partial charge on any atom is 0.358 e. The highest BCUT2D eigenvalue weighted by molar-refractivity contribution is 5.86. The van der Waals surface area contributed by atoms with Crippen molar-refractivity contribution in [3.8, 4) is 0 Å². The summed E-state index contributed by atoms with van der Waals surface area (Å²) in [7, 11) is 0. The molecule has 0 aliphatic carbocycles. The SMILES string of the molecule is O=C(O)c1nnn2c1COC(c1ccccc1)C2. The second-order valence-electron chi connectivity index (χ2n) is 4.08. The van der Waals surface area contributed by atoms with Gasteiger partial charge in [-0.1, -0.05) is 35.5 Å². The number of nitrogens with zero attached hydrogens (tertiary/aromatic N) is 3. The summed E-state index contributed by atoms with van der Waals surface area (Å²) >= 11 is 0. The van der Waals surface area contributed by atoms with Crippen LogP contribution in [0.5, 0.6) is 0 Å². The van der Waals surface area contributed by atoms with E-state index >= 15 is 0 Å². The van der Waals surface area contributed by atoms with Crippen LogP contribution in [0.4, 0.5) is 0 Å². The Morgan fingerprint density at radius 2 is 2.17 bits per heavy atom. The first kappa shape index (κ1) is 10.9. The molecular formula is C12H11N3O3. The molecule has 0 radical (unpaired) electrons. The minimum atomic E-state index is -1.07. The molecule has 1 aromatic carbocycles. The number of aromatic nitrogens is 3. The smallest absolute Gasteiger partial charge is 0.358 e. The topological polar surface area (TPSA) is 77.2 Å². The van der Waals surface area contributed by atoms with Gasteiger partial charge >= 0.3 is 5.97 Å². The van der Waals surface area contributed by atoms with E-state index in [1.807, 2.05) is 30.3 Å². The van der Waals surface area contributed by atoms with Crippen LogP contribution in [0.25, 0.3) is 0 Å². The van der Waals surface area contributed by atoms with Crippen molar-refractivity contribution < 1.29 is 14.6 Å². The third kappa shape index (κ3) is 1.76. The number of rotatable bonds is 2. The van der Waals surface area contributed by atoms with Gasteiger partial charge in [-0.15, -0.1) is 5.10 Å². The molecule has 0 spiro atoms.